The third-order valence-corrected chi connectivity index (χ3v) is 5.06. The van der Waals surface area contributed by atoms with Crippen LogP contribution in [0.5, 0.6) is 0 Å². The lowest BCUT2D eigenvalue weighted by molar-refractivity contribution is 0.198. The smallest absolute Gasteiger partial charge is 0.257 e. The lowest BCUT2D eigenvalue weighted by atomic mass is 10.2. The fraction of sp³-hybridized carbons (Fsp3) is 0.889. The molecular formula is C9H16ClNO3S2. The largest absolute Gasteiger partial charge is 0.468 e. The maximum atomic E-state index is 11.3. The SMILES string of the molecule is CC[C@H](C)OC(=S)N[C@@H]1CS(=O)(=O)C[C@H]1Cl. The highest BCUT2D eigenvalue weighted by molar-refractivity contribution is 7.91. The third-order valence-electron chi connectivity index (χ3n) is 2.47. The van der Waals surface area contributed by atoms with E-state index in [9.17, 15) is 8.42 Å². The zero-order valence-corrected chi connectivity index (χ0v) is 11.7. The molecular weight excluding hydrogens is 270 g/mol. The van der Waals surface area contributed by atoms with Gasteiger partial charge < -0.3 is 10.1 Å². The van der Waals surface area contributed by atoms with Gasteiger partial charge in [0.25, 0.3) is 5.17 Å². The van der Waals surface area contributed by atoms with Gasteiger partial charge in [-0.3, -0.25) is 0 Å². The number of halogens is 1. The van der Waals surface area contributed by atoms with E-state index in [0.717, 1.165) is 6.42 Å². The quantitative estimate of drug-likeness (QED) is 0.621. The Hall–Kier alpha value is -0.0700. The van der Waals surface area contributed by atoms with Crippen LogP contribution in [0.4, 0.5) is 0 Å². The predicted molar refractivity (Wildman–Crippen MR) is 68.7 cm³/mol. The van der Waals surface area contributed by atoms with Crippen LogP contribution >= 0.6 is 23.8 Å². The summed E-state index contributed by atoms with van der Waals surface area (Å²) in [7, 11) is -3.03. The molecule has 1 fully saturated rings. The summed E-state index contributed by atoms with van der Waals surface area (Å²) in [5.74, 6) is 0.0172. The molecule has 94 valence electrons. The van der Waals surface area contributed by atoms with Crippen LogP contribution in [0.15, 0.2) is 0 Å². The summed E-state index contributed by atoms with van der Waals surface area (Å²) in [6, 6.07) is -0.344. The van der Waals surface area contributed by atoms with Crippen molar-refractivity contribution < 1.29 is 13.2 Å². The number of hydrogen-bond acceptors (Lipinski definition) is 4. The van der Waals surface area contributed by atoms with Gasteiger partial charge in [0.2, 0.25) is 0 Å². The molecule has 1 heterocycles. The van der Waals surface area contributed by atoms with E-state index in [1.54, 1.807) is 0 Å². The van der Waals surface area contributed by atoms with Gasteiger partial charge in [-0.25, -0.2) is 8.42 Å². The molecule has 0 aliphatic carbocycles. The normalized spacial score (nSPS) is 29.7. The van der Waals surface area contributed by atoms with E-state index in [0.29, 0.717) is 0 Å². The number of nitrogens with one attached hydrogen (secondary N) is 1. The van der Waals surface area contributed by atoms with Crippen LogP contribution in [0, 0.1) is 0 Å². The molecule has 0 unspecified atom stereocenters. The Morgan fingerprint density at radius 3 is 2.69 bits per heavy atom. The molecule has 0 bridgehead atoms. The van der Waals surface area contributed by atoms with Gasteiger partial charge in [0.1, 0.15) is 0 Å². The fourth-order valence-corrected chi connectivity index (χ4v) is 4.25. The number of thiocarbonyl (C=S) groups is 1. The van der Waals surface area contributed by atoms with Crippen LogP contribution in [-0.4, -0.2) is 42.6 Å². The molecule has 0 radical (unpaired) electrons. The van der Waals surface area contributed by atoms with Crippen LogP contribution < -0.4 is 5.32 Å². The van der Waals surface area contributed by atoms with Crippen molar-refractivity contribution in [1.82, 2.24) is 5.32 Å². The summed E-state index contributed by atoms with van der Waals surface area (Å²) >= 11 is 10.9. The minimum Gasteiger partial charge on any atom is -0.468 e. The van der Waals surface area contributed by atoms with Crippen LogP contribution in [-0.2, 0) is 14.6 Å². The lowest BCUT2D eigenvalue weighted by Gasteiger charge is -2.19. The Labute approximate surface area is 107 Å². The highest BCUT2D eigenvalue weighted by atomic mass is 35.5. The molecule has 4 nitrogen and oxygen atoms in total. The van der Waals surface area contributed by atoms with Gasteiger partial charge in [-0.15, -0.1) is 11.6 Å². The van der Waals surface area contributed by atoms with Gasteiger partial charge in [-0.05, 0) is 25.6 Å². The van der Waals surface area contributed by atoms with Crippen molar-refractivity contribution in [1.29, 1.82) is 0 Å². The van der Waals surface area contributed by atoms with E-state index < -0.39 is 15.2 Å². The zero-order valence-electron chi connectivity index (χ0n) is 9.27. The van der Waals surface area contributed by atoms with Gasteiger partial charge in [-0.1, -0.05) is 6.92 Å². The minimum atomic E-state index is -3.03. The molecule has 0 amide bonds. The number of hydrogen-bond donors (Lipinski definition) is 1. The van der Waals surface area contributed by atoms with E-state index >= 15 is 0 Å². The van der Waals surface area contributed by atoms with Crippen LogP contribution in [0.1, 0.15) is 20.3 Å². The second-order valence-electron chi connectivity index (χ2n) is 3.97. The summed E-state index contributed by atoms with van der Waals surface area (Å²) in [4.78, 5) is 0. The van der Waals surface area contributed by atoms with Gasteiger partial charge >= 0.3 is 0 Å². The molecule has 3 atom stereocenters. The lowest BCUT2D eigenvalue weighted by Crippen LogP contribution is -2.41. The average molecular weight is 286 g/mol. The van der Waals surface area contributed by atoms with Gasteiger partial charge in [0.05, 0.1) is 29.0 Å². The monoisotopic (exact) mass is 285 g/mol. The first kappa shape index (κ1) is 14.0. The number of sulfone groups is 1. The molecule has 1 saturated heterocycles. The molecule has 0 aromatic rings. The van der Waals surface area contributed by atoms with Crippen molar-refractivity contribution in [2.75, 3.05) is 11.5 Å². The Bertz CT molecular complexity index is 358. The topological polar surface area (TPSA) is 55.4 Å². The first-order valence-corrected chi connectivity index (χ1v) is 7.82. The van der Waals surface area contributed by atoms with E-state index in [-0.39, 0.29) is 28.8 Å². The van der Waals surface area contributed by atoms with Crippen molar-refractivity contribution in [3.05, 3.63) is 0 Å². The molecule has 0 saturated carbocycles. The van der Waals surface area contributed by atoms with E-state index in [2.05, 4.69) is 5.32 Å². The molecule has 0 aromatic heterocycles. The van der Waals surface area contributed by atoms with Crippen LogP contribution in [0.3, 0.4) is 0 Å². The highest BCUT2D eigenvalue weighted by Gasteiger charge is 2.37. The summed E-state index contributed by atoms with van der Waals surface area (Å²) in [6.07, 6.45) is 0.863. The Morgan fingerprint density at radius 1 is 1.62 bits per heavy atom. The Kier molecular flexibility index (Phi) is 4.82. The molecule has 0 aromatic carbocycles. The van der Waals surface area contributed by atoms with E-state index in [4.69, 9.17) is 28.6 Å². The van der Waals surface area contributed by atoms with Crippen molar-refractivity contribution in [3.63, 3.8) is 0 Å². The number of ether oxygens (including phenoxy) is 1. The third kappa shape index (κ3) is 4.07. The average Bonchev–Trinajstić information content (AvgIpc) is 2.39. The molecule has 0 spiro atoms. The number of rotatable bonds is 3. The van der Waals surface area contributed by atoms with Gasteiger partial charge in [0.15, 0.2) is 9.84 Å². The maximum Gasteiger partial charge on any atom is 0.257 e. The molecule has 7 heteroatoms. The first-order valence-electron chi connectivity index (χ1n) is 5.15. The second kappa shape index (κ2) is 5.51. The summed E-state index contributed by atoms with van der Waals surface area (Å²) in [5, 5.41) is 2.63. The number of alkyl halides is 1. The molecule has 1 aliphatic rings. The van der Waals surface area contributed by atoms with Crippen molar-refractivity contribution in [2.24, 2.45) is 0 Å². The zero-order chi connectivity index (χ0) is 12.3. The van der Waals surface area contributed by atoms with E-state index in [1.807, 2.05) is 13.8 Å². The maximum absolute atomic E-state index is 11.3. The Morgan fingerprint density at radius 2 is 2.25 bits per heavy atom. The standard InChI is InChI=1S/C9H16ClNO3S2/c1-3-6(2)14-9(15)11-8-5-16(12,13)4-7(8)10/h6-8H,3-5H2,1-2H3,(H,11,15)/t6-,7+,8+/m0/s1. The first-order chi connectivity index (χ1) is 7.34. The summed E-state index contributed by atoms with van der Waals surface area (Å²) in [6.45, 7) is 3.88. The van der Waals surface area contributed by atoms with Crippen molar-refractivity contribution >= 4 is 38.8 Å². The van der Waals surface area contributed by atoms with Crippen LogP contribution in [0.25, 0.3) is 0 Å². The van der Waals surface area contributed by atoms with Gasteiger partial charge in [0, 0.05) is 0 Å². The fourth-order valence-electron chi connectivity index (χ4n) is 1.39. The predicted octanol–water partition coefficient (Wildman–Crippen LogP) is 1.08. The summed E-state index contributed by atoms with van der Waals surface area (Å²) < 4.78 is 28.0. The second-order valence-corrected chi connectivity index (χ2v) is 7.05. The highest BCUT2D eigenvalue weighted by Crippen LogP contribution is 2.18. The van der Waals surface area contributed by atoms with Gasteiger partial charge in [-0.2, -0.15) is 0 Å². The van der Waals surface area contributed by atoms with Crippen LogP contribution in [0.2, 0.25) is 0 Å². The molecule has 16 heavy (non-hydrogen) atoms. The van der Waals surface area contributed by atoms with E-state index in [1.165, 1.54) is 0 Å². The Balaban J connectivity index is 2.46. The molecule has 1 rings (SSSR count). The van der Waals surface area contributed by atoms with Crippen molar-refractivity contribution in [3.8, 4) is 0 Å². The van der Waals surface area contributed by atoms with Crippen molar-refractivity contribution in [2.45, 2.75) is 37.8 Å². The molecule has 1 aliphatic heterocycles. The summed E-state index contributed by atoms with van der Waals surface area (Å²) in [5.41, 5.74) is 0. The molecule has 1 N–H and O–H groups in total. The minimum absolute atomic E-state index is 0.00182.